The third-order valence-corrected chi connectivity index (χ3v) is 2.74. The number of rotatable bonds is 7. The molecule has 1 aromatic rings. The van der Waals surface area contributed by atoms with Crippen molar-refractivity contribution in [1.29, 1.82) is 5.26 Å². The highest BCUT2D eigenvalue weighted by atomic mass is 16.6. The molecule has 0 spiro atoms. The molecule has 0 radical (unpaired) electrons. The van der Waals surface area contributed by atoms with E-state index in [1.165, 1.54) is 6.07 Å². The normalized spacial score (nSPS) is 11.5. The molecule has 108 valence electrons. The van der Waals surface area contributed by atoms with Gasteiger partial charge in [-0.05, 0) is 19.4 Å². The van der Waals surface area contributed by atoms with Gasteiger partial charge in [-0.2, -0.15) is 5.26 Å². The van der Waals surface area contributed by atoms with Crippen LogP contribution < -0.4 is 10.2 Å². The maximum atomic E-state index is 11.1. The van der Waals surface area contributed by atoms with Crippen LogP contribution in [0.25, 0.3) is 0 Å². The molecule has 1 rings (SSSR count). The Bertz CT molecular complexity index is 512. The van der Waals surface area contributed by atoms with Gasteiger partial charge in [0, 0.05) is 26.2 Å². The molecule has 20 heavy (non-hydrogen) atoms. The summed E-state index contributed by atoms with van der Waals surface area (Å²) in [4.78, 5) is 16.5. The lowest BCUT2D eigenvalue weighted by Crippen LogP contribution is -2.25. The molecule has 1 unspecified atom stereocenters. The predicted molar refractivity (Wildman–Crippen MR) is 77.7 cm³/mol. The van der Waals surface area contributed by atoms with Crippen molar-refractivity contribution in [3.05, 3.63) is 22.2 Å². The Labute approximate surface area is 118 Å². The Morgan fingerprint density at radius 2 is 2.30 bits per heavy atom. The Kier molecular flexibility index (Phi) is 5.72. The van der Waals surface area contributed by atoms with Gasteiger partial charge in [-0.25, -0.2) is 4.98 Å². The highest BCUT2D eigenvalue weighted by Gasteiger charge is 2.20. The van der Waals surface area contributed by atoms with Crippen LogP contribution >= 0.6 is 0 Å². The number of pyridine rings is 1. The first-order chi connectivity index (χ1) is 9.49. The highest BCUT2D eigenvalue weighted by Crippen LogP contribution is 2.27. The van der Waals surface area contributed by atoms with Gasteiger partial charge >= 0.3 is 5.69 Å². The highest BCUT2D eigenvalue weighted by molar-refractivity contribution is 5.61. The Balaban J connectivity index is 3.05. The van der Waals surface area contributed by atoms with Crippen LogP contribution in [0.3, 0.4) is 0 Å². The number of hydrogen-bond donors (Lipinski definition) is 1. The van der Waals surface area contributed by atoms with Crippen molar-refractivity contribution in [2.24, 2.45) is 5.92 Å². The lowest BCUT2D eigenvalue weighted by atomic mass is 10.2. The first-order valence-corrected chi connectivity index (χ1v) is 6.49. The van der Waals surface area contributed by atoms with Gasteiger partial charge in [0.15, 0.2) is 0 Å². The molecule has 7 nitrogen and oxygen atoms in total. The van der Waals surface area contributed by atoms with Crippen molar-refractivity contribution in [3.8, 4) is 6.07 Å². The molecule has 0 aliphatic rings. The molecule has 1 heterocycles. The van der Waals surface area contributed by atoms with Gasteiger partial charge < -0.3 is 10.2 Å². The van der Waals surface area contributed by atoms with Gasteiger partial charge in [0.05, 0.1) is 16.9 Å². The van der Waals surface area contributed by atoms with E-state index in [1.54, 1.807) is 24.9 Å². The summed E-state index contributed by atoms with van der Waals surface area (Å²) in [5, 5.41) is 23.0. The lowest BCUT2D eigenvalue weighted by Gasteiger charge is -2.19. The molecular formula is C13H19N5O2. The average Bonchev–Trinajstić information content (AvgIpc) is 2.44. The van der Waals surface area contributed by atoms with Crippen LogP contribution in [0.15, 0.2) is 12.1 Å². The minimum atomic E-state index is -0.459. The van der Waals surface area contributed by atoms with E-state index in [2.05, 4.69) is 16.4 Å². The van der Waals surface area contributed by atoms with E-state index in [0.717, 1.165) is 13.0 Å². The van der Waals surface area contributed by atoms with Crippen LogP contribution in [0.4, 0.5) is 17.3 Å². The van der Waals surface area contributed by atoms with Crippen LogP contribution in [0.1, 0.15) is 20.3 Å². The summed E-state index contributed by atoms with van der Waals surface area (Å²) < 4.78 is 0. The number of aromatic nitrogens is 1. The van der Waals surface area contributed by atoms with Gasteiger partial charge in [0.1, 0.15) is 5.82 Å². The second kappa shape index (κ2) is 7.28. The molecule has 0 saturated carbocycles. The zero-order valence-corrected chi connectivity index (χ0v) is 12.0. The van der Waals surface area contributed by atoms with Gasteiger partial charge in [-0.3, -0.25) is 10.1 Å². The molecule has 0 aliphatic heterocycles. The topological polar surface area (TPSA) is 95.1 Å². The number of nitriles is 1. The SMILES string of the molecule is CCCNc1ccc([N+](=O)[O-])c(N(C)CC(C)C#N)n1. The average molecular weight is 277 g/mol. The van der Waals surface area contributed by atoms with E-state index in [9.17, 15) is 10.1 Å². The van der Waals surface area contributed by atoms with Crippen molar-refractivity contribution in [2.45, 2.75) is 20.3 Å². The van der Waals surface area contributed by atoms with E-state index in [1.807, 2.05) is 6.92 Å². The molecule has 0 saturated heterocycles. The number of nitrogens with zero attached hydrogens (tertiary/aromatic N) is 4. The van der Waals surface area contributed by atoms with Crippen molar-refractivity contribution in [3.63, 3.8) is 0 Å². The maximum Gasteiger partial charge on any atom is 0.311 e. The standard InChI is InChI=1S/C13H19N5O2/c1-4-7-15-12-6-5-11(18(19)20)13(16-12)17(3)9-10(2)8-14/h5-6,10H,4,7,9H2,1-3H3,(H,15,16). The van der Waals surface area contributed by atoms with E-state index < -0.39 is 4.92 Å². The third-order valence-electron chi connectivity index (χ3n) is 2.74. The molecular weight excluding hydrogens is 258 g/mol. The molecule has 0 bridgehead atoms. The molecule has 0 aromatic carbocycles. The number of hydrogen-bond acceptors (Lipinski definition) is 6. The van der Waals surface area contributed by atoms with Gasteiger partial charge in [0.2, 0.25) is 5.82 Å². The number of anilines is 2. The van der Waals surface area contributed by atoms with E-state index >= 15 is 0 Å². The molecule has 1 N–H and O–H groups in total. The summed E-state index contributed by atoms with van der Waals surface area (Å²) in [6.45, 7) is 4.94. The summed E-state index contributed by atoms with van der Waals surface area (Å²) >= 11 is 0. The summed E-state index contributed by atoms with van der Waals surface area (Å²) in [5.41, 5.74) is -0.0558. The van der Waals surface area contributed by atoms with Gasteiger partial charge in [-0.1, -0.05) is 6.92 Å². The predicted octanol–water partition coefficient (Wildman–Crippen LogP) is 2.41. The number of nitrogens with one attached hydrogen (secondary N) is 1. The minimum absolute atomic E-state index is 0.0558. The fraction of sp³-hybridized carbons (Fsp3) is 0.538. The molecule has 7 heteroatoms. The monoisotopic (exact) mass is 277 g/mol. The molecule has 0 amide bonds. The largest absolute Gasteiger partial charge is 0.370 e. The van der Waals surface area contributed by atoms with Crippen LogP contribution in [-0.2, 0) is 0 Å². The van der Waals surface area contributed by atoms with Crippen LogP contribution in [0.2, 0.25) is 0 Å². The second-order valence-corrected chi connectivity index (χ2v) is 4.63. The molecule has 0 fully saturated rings. The quantitative estimate of drug-likeness (QED) is 0.607. The molecule has 1 atom stereocenters. The minimum Gasteiger partial charge on any atom is -0.370 e. The first-order valence-electron chi connectivity index (χ1n) is 6.49. The summed E-state index contributed by atoms with van der Waals surface area (Å²) in [5.74, 6) is 0.649. The van der Waals surface area contributed by atoms with Crippen molar-refractivity contribution < 1.29 is 4.92 Å². The van der Waals surface area contributed by atoms with Gasteiger partial charge in [0.25, 0.3) is 0 Å². The van der Waals surface area contributed by atoms with Crippen molar-refractivity contribution in [1.82, 2.24) is 4.98 Å². The summed E-state index contributed by atoms with van der Waals surface area (Å²) in [7, 11) is 1.70. The van der Waals surface area contributed by atoms with E-state index in [4.69, 9.17) is 5.26 Å². The summed E-state index contributed by atoms with van der Waals surface area (Å²) in [6.07, 6.45) is 0.940. The zero-order valence-electron chi connectivity index (χ0n) is 12.0. The molecule has 0 aliphatic carbocycles. The molecule has 1 aromatic heterocycles. The zero-order chi connectivity index (χ0) is 15.1. The Morgan fingerprint density at radius 1 is 1.60 bits per heavy atom. The fourth-order valence-corrected chi connectivity index (χ4v) is 1.75. The van der Waals surface area contributed by atoms with Crippen LogP contribution in [-0.4, -0.2) is 30.0 Å². The Hall–Kier alpha value is -2.36. The van der Waals surface area contributed by atoms with Crippen LogP contribution in [0, 0.1) is 27.4 Å². The van der Waals surface area contributed by atoms with E-state index in [-0.39, 0.29) is 17.4 Å². The first kappa shape index (κ1) is 15.7. The lowest BCUT2D eigenvalue weighted by molar-refractivity contribution is -0.384. The number of nitro groups is 1. The Morgan fingerprint density at radius 3 is 2.85 bits per heavy atom. The summed E-state index contributed by atoms with van der Waals surface area (Å²) in [6, 6.07) is 5.14. The maximum absolute atomic E-state index is 11.1. The fourth-order valence-electron chi connectivity index (χ4n) is 1.75. The van der Waals surface area contributed by atoms with Crippen molar-refractivity contribution in [2.75, 3.05) is 30.4 Å². The third kappa shape index (κ3) is 4.09. The van der Waals surface area contributed by atoms with Gasteiger partial charge in [-0.15, -0.1) is 0 Å². The smallest absolute Gasteiger partial charge is 0.311 e. The van der Waals surface area contributed by atoms with E-state index in [0.29, 0.717) is 12.4 Å². The van der Waals surface area contributed by atoms with Crippen molar-refractivity contribution >= 4 is 17.3 Å². The second-order valence-electron chi connectivity index (χ2n) is 4.63. The van der Waals surface area contributed by atoms with Crippen LogP contribution in [0.5, 0.6) is 0 Å².